The summed E-state index contributed by atoms with van der Waals surface area (Å²) in [6.07, 6.45) is -0.275. The number of carbonyl (C=O) groups is 1. The van der Waals surface area contributed by atoms with Gasteiger partial charge in [-0.05, 0) is 56.3 Å². The third-order valence-electron chi connectivity index (χ3n) is 4.49. The van der Waals surface area contributed by atoms with Crippen molar-refractivity contribution in [2.45, 2.75) is 43.6 Å². The molecule has 2 rings (SSSR count). The minimum Gasteiger partial charge on any atom is -0.489 e. The van der Waals surface area contributed by atoms with Crippen molar-refractivity contribution in [3.63, 3.8) is 0 Å². The van der Waals surface area contributed by atoms with Gasteiger partial charge in [-0.3, -0.25) is 4.72 Å². The van der Waals surface area contributed by atoms with Gasteiger partial charge in [0.05, 0.1) is 34.3 Å². The van der Waals surface area contributed by atoms with Crippen LogP contribution >= 0.6 is 0 Å². The highest BCUT2D eigenvalue weighted by Crippen LogP contribution is 2.32. The predicted octanol–water partition coefficient (Wildman–Crippen LogP) is 3.09. The second kappa shape index (κ2) is 10.3. The van der Waals surface area contributed by atoms with Gasteiger partial charge >= 0.3 is 5.97 Å². The number of hydrogen-bond acceptors (Lipinski definition) is 7. The number of rotatable bonds is 10. The first kappa shape index (κ1) is 25.6. The Morgan fingerprint density at radius 3 is 2.03 bits per heavy atom. The second-order valence-electron chi connectivity index (χ2n) is 7.04. The van der Waals surface area contributed by atoms with Crippen molar-refractivity contribution in [1.29, 1.82) is 0 Å². The van der Waals surface area contributed by atoms with Crippen molar-refractivity contribution in [2.75, 3.05) is 24.9 Å². The van der Waals surface area contributed by atoms with Crippen LogP contribution in [0.1, 0.15) is 38.1 Å². The van der Waals surface area contributed by atoms with Crippen LogP contribution in [0.4, 0.5) is 5.69 Å². The summed E-state index contributed by atoms with van der Waals surface area (Å²) >= 11 is 0. The minimum absolute atomic E-state index is 0.0102. The monoisotopic (exact) mass is 484 g/mol. The number of carbonyl (C=O) groups excluding carboxylic acids is 1. The molecule has 0 aliphatic heterocycles. The van der Waals surface area contributed by atoms with E-state index in [2.05, 4.69) is 9.46 Å². The van der Waals surface area contributed by atoms with Crippen LogP contribution in [0.2, 0.25) is 0 Å². The second-order valence-corrected chi connectivity index (χ2v) is 10.7. The van der Waals surface area contributed by atoms with Gasteiger partial charge in [-0.2, -0.15) is 4.31 Å². The number of esters is 1. The number of nitrogens with one attached hydrogen (secondary N) is 1. The molecule has 0 saturated carbocycles. The van der Waals surface area contributed by atoms with E-state index in [9.17, 15) is 21.6 Å². The van der Waals surface area contributed by atoms with Crippen molar-refractivity contribution >= 4 is 31.7 Å². The fourth-order valence-electron chi connectivity index (χ4n) is 2.91. The van der Waals surface area contributed by atoms with Crippen LogP contribution in [0.3, 0.4) is 0 Å². The Balaban J connectivity index is 2.50. The number of methoxy groups -OCH3 is 1. The molecule has 1 N–H and O–H groups in total. The van der Waals surface area contributed by atoms with E-state index in [-0.39, 0.29) is 46.0 Å². The molecule has 0 spiro atoms. The predicted molar refractivity (Wildman–Crippen MR) is 121 cm³/mol. The highest BCUT2D eigenvalue weighted by molar-refractivity contribution is 7.92. The lowest BCUT2D eigenvalue weighted by Crippen LogP contribution is -2.30. The molecule has 176 valence electrons. The molecule has 0 unspecified atom stereocenters. The van der Waals surface area contributed by atoms with Gasteiger partial charge in [0.25, 0.3) is 10.0 Å². The molecule has 0 heterocycles. The Kier molecular flexibility index (Phi) is 8.27. The molecule has 0 amide bonds. The number of hydrogen-bond donors (Lipinski definition) is 1. The summed E-state index contributed by atoms with van der Waals surface area (Å²) in [5.74, 6) is -0.405. The van der Waals surface area contributed by atoms with Crippen molar-refractivity contribution < 1.29 is 31.1 Å². The summed E-state index contributed by atoms with van der Waals surface area (Å²) in [6.45, 7) is 7.53. The average molecular weight is 485 g/mol. The van der Waals surface area contributed by atoms with Gasteiger partial charge in [0.15, 0.2) is 0 Å². The third kappa shape index (κ3) is 5.78. The molecule has 32 heavy (non-hydrogen) atoms. The quantitative estimate of drug-likeness (QED) is 0.515. The molecule has 0 radical (unpaired) electrons. The summed E-state index contributed by atoms with van der Waals surface area (Å²) < 4.78 is 65.7. The molecule has 0 fully saturated rings. The lowest BCUT2D eigenvalue weighted by Gasteiger charge is -2.21. The molecule has 0 atom stereocenters. The van der Waals surface area contributed by atoms with Crippen molar-refractivity contribution in [3.05, 3.63) is 48.0 Å². The van der Waals surface area contributed by atoms with E-state index in [0.717, 1.165) is 0 Å². The Morgan fingerprint density at radius 2 is 1.53 bits per heavy atom. The molecule has 9 nitrogen and oxygen atoms in total. The molecule has 0 saturated heterocycles. The summed E-state index contributed by atoms with van der Waals surface area (Å²) in [5, 5.41) is 0. The summed E-state index contributed by atoms with van der Waals surface area (Å²) in [6, 6.07) is 9.22. The van der Waals surface area contributed by atoms with Gasteiger partial charge in [0.1, 0.15) is 5.75 Å². The molecule has 11 heteroatoms. The normalized spacial score (nSPS) is 12.1. The van der Waals surface area contributed by atoms with Crippen molar-refractivity contribution in [2.24, 2.45) is 0 Å². The zero-order valence-electron chi connectivity index (χ0n) is 18.7. The molecule has 0 aliphatic carbocycles. The summed E-state index contributed by atoms with van der Waals surface area (Å²) in [5.41, 5.74) is 0.187. The number of benzene rings is 2. The Bertz CT molecular complexity index is 1160. The summed E-state index contributed by atoms with van der Waals surface area (Å²) in [7, 11) is -6.69. The zero-order chi connectivity index (χ0) is 24.1. The van der Waals surface area contributed by atoms with Crippen LogP contribution in [-0.2, 0) is 24.8 Å². The largest absolute Gasteiger partial charge is 0.489 e. The number of nitrogens with zero attached hydrogens (tertiary/aromatic N) is 1. The molecule has 0 bridgehead atoms. The highest BCUT2D eigenvalue weighted by atomic mass is 32.2. The molecular weight excluding hydrogens is 456 g/mol. The van der Waals surface area contributed by atoms with E-state index < -0.39 is 26.0 Å². The smallest absolute Gasteiger partial charge is 0.337 e. The number of ether oxygens (including phenoxy) is 2. The Morgan fingerprint density at radius 1 is 0.969 bits per heavy atom. The molecule has 0 aliphatic rings. The fraction of sp³-hybridized carbons (Fsp3) is 0.381. The Hall–Kier alpha value is -2.63. The van der Waals surface area contributed by atoms with Crippen molar-refractivity contribution in [3.8, 4) is 5.75 Å². The van der Waals surface area contributed by atoms with E-state index in [4.69, 9.17) is 4.74 Å². The standard InChI is InChI=1S/C21H28N2O7S2/c1-6-23(7-2)32(27,28)18-12-13-20(30-15(3)4)19(14-18)22-31(25,26)17-10-8-16(9-11-17)21(24)29-5/h8-15,22H,6-7H2,1-5H3. The van der Waals surface area contributed by atoms with Crippen LogP contribution in [0.15, 0.2) is 52.3 Å². The van der Waals surface area contributed by atoms with Crippen molar-refractivity contribution in [1.82, 2.24) is 4.31 Å². The fourth-order valence-corrected chi connectivity index (χ4v) is 5.46. The first-order valence-electron chi connectivity index (χ1n) is 9.98. The first-order valence-corrected chi connectivity index (χ1v) is 12.9. The Labute approximate surface area is 189 Å². The van der Waals surface area contributed by atoms with Crippen LogP contribution in [0.5, 0.6) is 5.75 Å². The lowest BCUT2D eigenvalue weighted by molar-refractivity contribution is 0.0600. The van der Waals surface area contributed by atoms with Gasteiger partial charge < -0.3 is 9.47 Å². The zero-order valence-corrected chi connectivity index (χ0v) is 20.3. The number of sulfonamides is 2. The van der Waals surface area contributed by atoms with Crippen LogP contribution in [0, 0.1) is 0 Å². The van der Waals surface area contributed by atoms with Gasteiger partial charge in [-0.25, -0.2) is 21.6 Å². The molecule has 2 aromatic carbocycles. The van der Waals surface area contributed by atoms with E-state index >= 15 is 0 Å². The maximum atomic E-state index is 13.0. The molecule has 2 aromatic rings. The lowest BCUT2D eigenvalue weighted by atomic mass is 10.2. The summed E-state index contributed by atoms with van der Waals surface area (Å²) in [4.78, 5) is 11.4. The third-order valence-corrected chi connectivity index (χ3v) is 7.91. The van der Waals surface area contributed by atoms with E-state index in [0.29, 0.717) is 0 Å². The van der Waals surface area contributed by atoms with Gasteiger partial charge in [-0.15, -0.1) is 0 Å². The van der Waals surface area contributed by atoms with Crippen LogP contribution in [-0.4, -0.2) is 53.4 Å². The van der Waals surface area contributed by atoms with E-state index in [1.807, 2.05) is 0 Å². The van der Waals surface area contributed by atoms with Crippen LogP contribution in [0.25, 0.3) is 0 Å². The highest BCUT2D eigenvalue weighted by Gasteiger charge is 2.25. The van der Waals surface area contributed by atoms with Gasteiger partial charge in [-0.1, -0.05) is 13.8 Å². The van der Waals surface area contributed by atoms with Crippen LogP contribution < -0.4 is 9.46 Å². The SMILES string of the molecule is CCN(CC)S(=O)(=O)c1ccc(OC(C)C)c(NS(=O)(=O)c2ccc(C(=O)OC)cc2)c1. The van der Waals surface area contributed by atoms with E-state index in [1.165, 1.54) is 53.9 Å². The molecule has 0 aromatic heterocycles. The average Bonchev–Trinajstić information content (AvgIpc) is 2.74. The molecular formula is C21H28N2O7S2. The first-order chi connectivity index (χ1) is 15.0. The van der Waals surface area contributed by atoms with Gasteiger partial charge in [0.2, 0.25) is 10.0 Å². The topological polar surface area (TPSA) is 119 Å². The maximum absolute atomic E-state index is 13.0. The van der Waals surface area contributed by atoms with Gasteiger partial charge in [0, 0.05) is 13.1 Å². The van der Waals surface area contributed by atoms with E-state index in [1.54, 1.807) is 27.7 Å². The minimum atomic E-state index is -4.10. The number of anilines is 1. The maximum Gasteiger partial charge on any atom is 0.337 e.